The molecule has 0 atom stereocenters. The van der Waals surface area contributed by atoms with Crippen LogP contribution in [0.2, 0.25) is 5.15 Å². The molecule has 0 aliphatic carbocycles. The Morgan fingerprint density at radius 3 is 2.26 bits per heavy atom. The van der Waals surface area contributed by atoms with Gasteiger partial charge in [-0.2, -0.15) is 0 Å². The van der Waals surface area contributed by atoms with Gasteiger partial charge in [-0.3, -0.25) is 9.59 Å². The lowest BCUT2D eigenvalue weighted by Gasteiger charge is -2.16. The standard InChI is InChI=1S/C8H12ClN5O.C5H12N2O/c1-3(2)12-8(15)4-6(10)14-7(11)5(9)13-4;1-5(2,6)3-7-4-8/h3H,1-2H3,(H,12,15)(H4,10,11,14);4H,3,6H2,1-2H3,(H,7,8). The second kappa shape index (κ2) is 9.11. The van der Waals surface area contributed by atoms with Crippen molar-refractivity contribution in [2.45, 2.75) is 39.3 Å². The highest BCUT2D eigenvalue weighted by atomic mass is 35.5. The van der Waals surface area contributed by atoms with Gasteiger partial charge in [0.1, 0.15) is 0 Å². The number of aromatic nitrogens is 2. The van der Waals surface area contributed by atoms with E-state index in [1.54, 1.807) is 0 Å². The largest absolute Gasteiger partial charge is 0.382 e. The lowest BCUT2D eigenvalue weighted by Crippen LogP contribution is -2.42. The third-order valence-corrected chi connectivity index (χ3v) is 2.46. The molecule has 0 aromatic carbocycles. The van der Waals surface area contributed by atoms with Crippen LogP contribution in [0.15, 0.2) is 0 Å². The molecular weight excluding hydrogens is 322 g/mol. The highest BCUT2D eigenvalue weighted by Gasteiger charge is 2.16. The summed E-state index contributed by atoms with van der Waals surface area (Å²) in [5, 5.41) is 5.08. The highest BCUT2D eigenvalue weighted by molar-refractivity contribution is 6.31. The molecule has 9 nitrogen and oxygen atoms in total. The lowest BCUT2D eigenvalue weighted by atomic mass is 10.1. The number of halogens is 1. The van der Waals surface area contributed by atoms with Gasteiger partial charge in [-0.1, -0.05) is 11.6 Å². The van der Waals surface area contributed by atoms with Gasteiger partial charge in [0.25, 0.3) is 5.91 Å². The second-order valence-corrected chi connectivity index (χ2v) is 6.11. The maximum atomic E-state index is 11.5. The Balaban J connectivity index is 0.000000515. The van der Waals surface area contributed by atoms with Gasteiger partial charge in [-0.25, -0.2) is 9.97 Å². The minimum atomic E-state index is -0.420. The van der Waals surface area contributed by atoms with Crippen molar-refractivity contribution in [2.24, 2.45) is 5.73 Å². The van der Waals surface area contributed by atoms with Gasteiger partial charge in [0, 0.05) is 18.1 Å². The van der Waals surface area contributed by atoms with Crippen LogP contribution in [0.3, 0.4) is 0 Å². The van der Waals surface area contributed by atoms with Crippen molar-refractivity contribution in [1.29, 1.82) is 0 Å². The molecule has 23 heavy (non-hydrogen) atoms. The average molecular weight is 346 g/mol. The summed E-state index contributed by atoms with van der Waals surface area (Å²) in [5.41, 5.74) is 16.1. The molecular formula is C13H24ClN7O2. The number of carbonyl (C=O) groups is 2. The normalized spacial score (nSPS) is 10.6. The number of rotatable bonds is 5. The molecule has 2 amide bonds. The van der Waals surface area contributed by atoms with Crippen LogP contribution in [-0.2, 0) is 4.79 Å². The number of nitrogen functional groups attached to an aromatic ring is 2. The van der Waals surface area contributed by atoms with Crippen molar-refractivity contribution in [2.75, 3.05) is 18.0 Å². The third kappa shape index (κ3) is 8.79. The van der Waals surface area contributed by atoms with Crippen LogP contribution < -0.4 is 27.8 Å². The Labute approximate surface area is 140 Å². The van der Waals surface area contributed by atoms with Crippen molar-refractivity contribution in [3.8, 4) is 0 Å². The summed E-state index contributed by atoms with van der Waals surface area (Å²) >= 11 is 5.63. The number of anilines is 2. The molecule has 1 aromatic heterocycles. The molecule has 0 aliphatic heterocycles. The molecule has 0 unspecified atom stereocenters. The topological polar surface area (TPSA) is 162 Å². The first kappa shape index (κ1) is 20.9. The summed E-state index contributed by atoms with van der Waals surface area (Å²) < 4.78 is 0. The number of nitrogens with one attached hydrogen (secondary N) is 2. The molecule has 0 saturated carbocycles. The Bertz CT molecular complexity index is 544. The Hall–Kier alpha value is -2.13. The minimum Gasteiger partial charge on any atom is -0.382 e. The van der Waals surface area contributed by atoms with E-state index >= 15 is 0 Å². The molecule has 0 saturated heterocycles. The molecule has 1 rings (SSSR count). The SMILES string of the molecule is CC(C)(N)CNC=O.CC(C)NC(=O)c1nc(Cl)c(N)nc1N. The number of amides is 2. The fraction of sp³-hybridized carbons (Fsp3) is 0.538. The van der Waals surface area contributed by atoms with E-state index in [0.29, 0.717) is 13.0 Å². The number of hydrogen-bond acceptors (Lipinski definition) is 7. The van der Waals surface area contributed by atoms with Crippen molar-refractivity contribution in [3.05, 3.63) is 10.8 Å². The van der Waals surface area contributed by atoms with E-state index < -0.39 is 5.91 Å². The van der Waals surface area contributed by atoms with E-state index in [2.05, 4.69) is 20.6 Å². The predicted molar refractivity (Wildman–Crippen MR) is 90.8 cm³/mol. The maximum Gasteiger partial charge on any atom is 0.273 e. The number of carbonyl (C=O) groups excluding carboxylic acids is 2. The zero-order valence-corrected chi connectivity index (χ0v) is 14.4. The number of nitrogens with zero attached hydrogens (tertiary/aromatic N) is 2. The summed E-state index contributed by atoms with van der Waals surface area (Å²) in [6.45, 7) is 7.87. The Morgan fingerprint density at radius 1 is 1.30 bits per heavy atom. The second-order valence-electron chi connectivity index (χ2n) is 5.75. The molecule has 130 valence electrons. The molecule has 0 spiro atoms. The average Bonchev–Trinajstić information content (AvgIpc) is 2.39. The molecule has 1 aromatic rings. The van der Waals surface area contributed by atoms with Crippen LogP contribution in [0.1, 0.15) is 38.2 Å². The van der Waals surface area contributed by atoms with E-state index in [4.69, 9.17) is 28.8 Å². The molecule has 8 N–H and O–H groups in total. The summed E-state index contributed by atoms with van der Waals surface area (Å²) in [5.74, 6) is -0.442. The Morgan fingerprint density at radius 2 is 1.87 bits per heavy atom. The van der Waals surface area contributed by atoms with E-state index in [9.17, 15) is 9.59 Å². The van der Waals surface area contributed by atoms with E-state index in [1.807, 2.05) is 27.7 Å². The zero-order valence-electron chi connectivity index (χ0n) is 13.7. The van der Waals surface area contributed by atoms with Gasteiger partial charge in [-0.15, -0.1) is 0 Å². The Kier molecular flexibility index (Phi) is 8.27. The van der Waals surface area contributed by atoms with Crippen LogP contribution in [0, 0.1) is 0 Å². The fourth-order valence-corrected chi connectivity index (χ4v) is 1.37. The van der Waals surface area contributed by atoms with Crippen LogP contribution in [-0.4, -0.2) is 40.4 Å². The molecule has 0 radical (unpaired) electrons. The first-order chi connectivity index (χ1) is 10.5. The molecule has 10 heteroatoms. The van der Waals surface area contributed by atoms with Crippen LogP contribution in [0.25, 0.3) is 0 Å². The summed E-state index contributed by atoms with van der Waals surface area (Å²) in [7, 11) is 0. The monoisotopic (exact) mass is 345 g/mol. The van der Waals surface area contributed by atoms with Crippen LogP contribution in [0.4, 0.5) is 11.6 Å². The highest BCUT2D eigenvalue weighted by Crippen LogP contribution is 2.17. The van der Waals surface area contributed by atoms with Gasteiger partial charge >= 0.3 is 0 Å². The van der Waals surface area contributed by atoms with E-state index in [1.165, 1.54) is 0 Å². The first-order valence-electron chi connectivity index (χ1n) is 6.83. The van der Waals surface area contributed by atoms with Crippen molar-refractivity contribution in [3.63, 3.8) is 0 Å². The molecule has 0 fully saturated rings. The lowest BCUT2D eigenvalue weighted by molar-refractivity contribution is -0.109. The van der Waals surface area contributed by atoms with Crippen molar-refractivity contribution >= 4 is 35.6 Å². The molecule has 1 heterocycles. The van der Waals surface area contributed by atoms with Crippen molar-refractivity contribution < 1.29 is 9.59 Å². The number of nitrogens with two attached hydrogens (primary N) is 3. The predicted octanol–water partition coefficient (Wildman–Crippen LogP) is -0.0977. The quantitative estimate of drug-likeness (QED) is 0.465. The van der Waals surface area contributed by atoms with Gasteiger partial charge < -0.3 is 27.8 Å². The van der Waals surface area contributed by atoms with Crippen molar-refractivity contribution in [1.82, 2.24) is 20.6 Å². The summed E-state index contributed by atoms with van der Waals surface area (Å²) in [6, 6.07) is -0.0185. The van der Waals surface area contributed by atoms with Gasteiger partial charge in [0.15, 0.2) is 22.5 Å². The molecule has 0 bridgehead atoms. The van der Waals surface area contributed by atoms with Crippen LogP contribution in [0.5, 0.6) is 0 Å². The zero-order chi connectivity index (χ0) is 18.2. The van der Waals surface area contributed by atoms with Gasteiger partial charge in [0.05, 0.1) is 0 Å². The van der Waals surface area contributed by atoms with Gasteiger partial charge in [-0.05, 0) is 27.7 Å². The van der Waals surface area contributed by atoms with Gasteiger partial charge in [0.2, 0.25) is 6.41 Å². The summed E-state index contributed by atoms with van der Waals surface area (Å²) in [6.07, 6.45) is 0.647. The molecule has 0 aliphatic rings. The maximum absolute atomic E-state index is 11.5. The fourth-order valence-electron chi connectivity index (χ4n) is 1.24. The third-order valence-electron chi connectivity index (χ3n) is 2.18. The summed E-state index contributed by atoms with van der Waals surface area (Å²) in [4.78, 5) is 28.7. The smallest absolute Gasteiger partial charge is 0.273 e. The van der Waals surface area contributed by atoms with E-state index in [-0.39, 0.29) is 34.1 Å². The first-order valence-corrected chi connectivity index (χ1v) is 7.21. The number of hydrogen-bond donors (Lipinski definition) is 5. The van der Waals surface area contributed by atoms with Crippen LogP contribution >= 0.6 is 11.6 Å². The van der Waals surface area contributed by atoms with E-state index in [0.717, 1.165) is 0 Å². The minimum absolute atomic E-state index is 0.00950.